The number of methoxy groups -OCH3 is 1. The Morgan fingerprint density at radius 3 is 2.68 bits per heavy atom. The Morgan fingerprint density at radius 1 is 1.25 bits per heavy atom. The van der Waals surface area contributed by atoms with Gasteiger partial charge in [0.25, 0.3) is 0 Å². The molecule has 2 aromatic rings. The molecule has 2 heterocycles. The summed E-state index contributed by atoms with van der Waals surface area (Å²) < 4.78 is 4.62. The van der Waals surface area contributed by atoms with Crippen LogP contribution < -0.4 is 4.90 Å². The van der Waals surface area contributed by atoms with Crippen LogP contribution in [0.25, 0.3) is 0 Å². The van der Waals surface area contributed by atoms with Crippen molar-refractivity contribution in [1.82, 2.24) is 9.88 Å². The van der Waals surface area contributed by atoms with Gasteiger partial charge in [-0.25, -0.2) is 9.78 Å². The fourth-order valence-corrected chi connectivity index (χ4v) is 3.37. The minimum atomic E-state index is -0.646. The van der Waals surface area contributed by atoms with Crippen molar-refractivity contribution in [2.45, 2.75) is 13.0 Å². The summed E-state index contributed by atoms with van der Waals surface area (Å²) in [5.74, 6) is -0.363. The highest BCUT2D eigenvalue weighted by molar-refractivity contribution is 6.30. The minimum Gasteiger partial charge on any atom is -0.465 e. The van der Waals surface area contributed by atoms with Crippen molar-refractivity contribution < 1.29 is 14.5 Å². The number of rotatable bonds is 5. The Labute approximate surface area is 167 Å². The smallest absolute Gasteiger partial charge is 0.339 e. The van der Waals surface area contributed by atoms with Gasteiger partial charge in [0.05, 0.1) is 17.6 Å². The summed E-state index contributed by atoms with van der Waals surface area (Å²) >= 11 is 5.94. The van der Waals surface area contributed by atoms with Crippen LogP contribution in [-0.2, 0) is 11.3 Å². The fraction of sp³-hybridized carbons (Fsp3) is 0.368. The molecule has 1 aliphatic heterocycles. The van der Waals surface area contributed by atoms with Gasteiger partial charge < -0.3 is 9.64 Å². The third-order valence-corrected chi connectivity index (χ3v) is 4.92. The molecule has 0 aliphatic carbocycles. The molecule has 28 heavy (non-hydrogen) atoms. The standard InChI is InChI=1S/C19H21ClN4O4/c1-28-19(25)15-11-17(24(26)27)18(21-12-15)23-8-2-7-22(9-10-23)13-14-3-5-16(20)6-4-14/h3-6,11-12H,2,7-10,13H2,1H3. The first kappa shape index (κ1) is 20.0. The lowest BCUT2D eigenvalue weighted by Gasteiger charge is -2.22. The Kier molecular flexibility index (Phi) is 6.43. The number of nitro groups is 1. The molecule has 1 aromatic carbocycles. The molecular weight excluding hydrogens is 384 g/mol. The van der Waals surface area contributed by atoms with Crippen molar-refractivity contribution in [1.29, 1.82) is 0 Å². The van der Waals surface area contributed by atoms with Gasteiger partial charge in [0.15, 0.2) is 0 Å². The maximum Gasteiger partial charge on any atom is 0.339 e. The molecule has 0 saturated carbocycles. The number of ether oxygens (including phenoxy) is 1. The summed E-state index contributed by atoms with van der Waals surface area (Å²) in [4.78, 5) is 31.1. The zero-order valence-electron chi connectivity index (χ0n) is 15.5. The van der Waals surface area contributed by atoms with Crippen molar-refractivity contribution >= 4 is 29.1 Å². The lowest BCUT2D eigenvalue weighted by molar-refractivity contribution is -0.384. The number of pyridine rings is 1. The molecule has 0 bridgehead atoms. The van der Waals surface area contributed by atoms with E-state index in [0.29, 0.717) is 18.1 Å². The van der Waals surface area contributed by atoms with E-state index in [-0.39, 0.29) is 17.1 Å². The number of halogens is 1. The van der Waals surface area contributed by atoms with E-state index < -0.39 is 10.9 Å². The Balaban J connectivity index is 1.73. The van der Waals surface area contributed by atoms with Crippen molar-refractivity contribution in [2.75, 3.05) is 38.2 Å². The molecule has 0 radical (unpaired) electrons. The summed E-state index contributed by atoms with van der Waals surface area (Å²) in [6, 6.07) is 8.98. The Hall–Kier alpha value is -2.71. The maximum absolute atomic E-state index is 11.7. The highest BCUT2D eigenvalue weighted by atomic mass is 35.5. The summed E-state index contributed by atoms with van der Waals surface area (Å²) in [6.07, 6.45) is 2.18. The topological polar surface area (TPSA) is 88.8 Å². The van der Waals surface area contributed by atoms with Crippen LogP contribution in [0.1, 0.15) is 22.3 Å². The highest BCUT2D eigenvalue weighted by Crippen LogP contribution is 2.28. The van der Waals surface area contributed by atoms with Crippen molar-refractivity contribution in [3.8, 4) is 0 Å². The fourth-order valence-electron chi connectivity index (χ4n) is 3.24. The van der Waals surface area contributed by atoms with Gasteiger partial charge in [-0.15, -0.1) is 0 Å². The van der Waals surface area contributed by atoms with E-state index >= 15 is 0 Å². The average molecular weight is 405 g/mol. The van der Waals surface area contributed by atoms with Crippen LogP contribution in [0.4, 0.5) is 11.5 Å². The van der Waals surface area contributed by atoms with Crippen molar-refractivity contribution in [2.24, 2.45) is 0 Å². The molecule has 1 aliphatic rings. The Bertz CT molecular complexity index is 860. The zero-order chi connectivity index (χ0) is 20.1. The first-order valence-corrected chi connectivity index (χ1v) is 9.30. The van der Waals surface area contributed by atoms with Crippen LogP contribution in [-0.4, -0.2) is 54.1 Å². The second-order valence-electron chi connectivity index (χ2n) is 6.56. The summed E-state index contributed by atoms with van der Waals surface area (Å²) in [6.45, 7) is 3.69. The first-order valence-electron chi connectivity index (χ1n) is 8.92. The molecule has 0 amide bonds. The third-order valence-electron chi connectivity index (χ3n) is 4.67. The molecule has 0 spiro atoms. The van der Waals surface area contributed by atoms with Crippen molar-refractivity contribution in [3.05, 3.63) is 62.8 Å². The van der Waals surface area contributed by atoms with E-state index in [4.69, 9.17) is 11.6 Å². The normalized spacial score (nSPS) is 15.1. The van der Waals surface area contributed by atoms with Gasteiger partial charge in [-0.1, -0.05) is 23.7 Å². The predicted octanol–water partition coefficient (Wildman–Crippen LogP) is 3.14. The van der Waals surface area contributed by atoms with Crippen LogP contribution in [0.5, 0.6) is 0 Å². The average Bonchev–Trinajstić information content (AvgIpc) is 2.94. The number of carbonyl (C=O) groups excluding carboxylic acids is 1. The molecule has 1 fully saturated rings. The SMILES string of the molecule is COC(=O)c1cnc(N2CCCN(Cc3ccc(Cl)cc3)CC2)c([N+](=O)[O-])c1. The number of anilines is 1. The van der Waals surface area contributed by atoms with Crippen LogP contribution in [0.3, 0.4) is 0 Å². The maximum atomic E-state index is 11.7. The quantitative estimate of drug-likeness (QED) is 0.429. The molecule has 3 rings (SSSR count). The predicted molar refractivity (Wildman–Crippen MR) is 106 cm³/mol. The van der Waals surface area contributed by atoms with Gasteiger partial charge in [-0.2, -0.15) is 0 Å². The number of esters is 1. The van der Waals surface area contributed by atoms with Gasteiger partial charge in [-0.3, -0.25) is 15.0 Å². The van der Waals surface area contributed by atoms with Gasteiger partial charge in [-0.05, 0) is 24.1 Å². The van der Waals surface area contributed by atoms with E-state index in [9.17, 15) is 14.9 Å². The van der Waals surface area contributed by atoms with E-state index in [1.165, 1.54) is 24.9 Å². The molecular formula is C19H21ClN4O4. The first-order chi connectivity index (χ1) is 13.5. The molecule has 0 unspecified atom stereocenters. The van der Waals surface area contributed by atoms with Crippen LogP contribution in [0.2, 0.25) is 5.02 Å². The minimum absolute atomic E-state index is 0.0668. The van der Waals surface area contributed by atoms with E-state index in [1.54, 1.807) is 0 Å². The van der Waals surface area contributed by atoms with Gasteiger partial charge in [0.1, 0.15) is 0 Å². The van der Waals surface area contributed by atoms with E-state index in [2.05, 4.69) is 14.6 Å². The summed E-state index contributed by atoms with van der Waals surface area (Å²) in [7, 11) is 1.23. The van der Waals surface area contributed by atoms with Gasteiger partial charge in [0.2, 0.25) is 5.82 Å². The van der Waals surface area contributed by atoms with Crippen molar-refractivity contribution in [3.63, 3.8) is 0 Å². The lowest BCUT2D eigenvalue weighted by atomic mass is 10.2. The molecule has 148 valence electrons. The molecule has 1 aromatic heterocycles. The number of carbonyl (C=O) groups is 1. The monoisotopic (exact) mass is 404 g/mol. The van der Waals surface area contributed by atoms with Crippen LogP contribution >= 0.6 is 11.6 Å². The van der Waals surface area contributed by atoms with Gasteiger partial charge in [0, 0.05) is 50.0 Å². The zero-order valence-corrected chi connectivity index (χ0v) is 16.3. The molecule has 0 atom stereocenters. The molecule has 0 N–H and O–H groups in total. The summed E-state index contributed by atoms with van der Waals surface area (Å²) in [5, 5.41) is 12.2. The number of hydrogen-bond donors (Lipinski definition) is 0. The lowest BCUT2D eigenvalue weighted by Crippen LogP contribution is -2.31. The molecule has 8 nitrogen and oxygen atoms in total. The second kappa shape index (κ2) is 8.99. The third kappa shape index (κ3) is 4.76. The number of benzene rings is 1. The van der Waals surface area contributed by atoms with Crippen LogP contribution in [0, 0.1) is 10.1 Å². The number of nitrogens with zero attached hydrogens (tertiary/aromatic N) is 4. The summed E-state index contributed by atoms with van der Waals surface area (Å²) in [5.41, 5.74) is 1.05. The van der Waals surface area contributed by atoms with Crippen LogP contribution in [0.15, 0.2) is 36.5 Å². The second-order valence-corrected chi connectivity index (χ2v) is 7.00. The molecule has 1 saturated heterocycles. The van der Waals surface area contributed by atoms with Gasteiger partial charge >= 0.3 is 11.7 Å². The Morgan fingerprint density at radius 2 is 2.00 bits per heavy atom. The number of hydrogen-bond acceptors (Lipinski definition) is 7. The van der Waals surface area contributed by atoms with E-state index in [0.717, 1.165) is 26.1 Å². The number of aromatic nitrogens is 1. The van der Waals surface area contributed by atoms with E-state index in [1.807, 2.05) is 29.2 Å². The molecule has 9 heteroatoms. The largest absolute Gasteiger partial charge is 0.465 e. The highest BCUT2D eigenvalue weighted by Gasteiger charge is 2.25.